The summed E-state index contributed by atoms with van der Waals surface area (Å²) in [5.41, 5.74) is 3.09. The third kappa shape index (κ3) is 4.80. The molecule has 136 valence electrons. The molecule has 2 aromatic rings. The molecule has 1 aliphatic rings. The van der Waals surface area contributed by atoms with Crippen LogP contribution in [0.25, 0.3) is 0 Å². The van der Waals surface area contributed by atoms with E-state index in [9.17, 15) is 14.4 Å². The third-order valence-electron chi connectivity index (χ3n) is 4.44. The van der Waals surface area contributed by atoms with Crippen LogP contribution in [0.5, 0.6) is 0 Å². The summed E-state index contributed by atoms with van der Waals surface area (Å²) in [5, 5.41) is 0. The van der Waals surface area contributed by atoms with Crippen LogP contribution < -0.4 is 0 Å². The Hall–Kier alpha value is -1.98. The van der Waals surface area contributed by atoms with Crippen molar-refractivity contribution in [1.29, 1.82) is 0 Å². The van der Waals surface area contributed by atoms with E-state index in [1.54, 1.807) is 18.2 Å². The molecular weight excluding hydrogens is 372 g/mol. The second-order valence-electron chi connectivity index (χ2n) is 6.30. The molecule has 0 spiro atoms. The van der Waals surface area contributed by atoms with Crippen molar-refractivity contribution in [2.75, 3.05) is 6.61 Å². The lowest BCUT2D eigenvalue weighted by Gasteiger charge is -2.16. The first kappa shape index (κ1) is 18.8. The number of Topliss-reactive ketones (excluding diaryl/α,β-unsaturated/α-hetero) is 2. The van der Waals surface area contributed by atoms with E-state index < -0.39 is 5.97 Å². The van der Waals surface area contributed by atoms with Crippen LogP contribution in [0.3, 0.4) is 0 Å². The van der Waals surface area contributed by atoms with Crippen LogP contribution in [0.1, 0.15) is 56.8 Å². The number of fused-ring (bicyclic) bond motifs is 1. The van der Waals surface area contributed by atoms with Gasteiger partial charge >= 0.3 is 5.97 Å². The Labute approximate surface area is 161 Å². The zero-order valence-corrected chi connectivity index (χ0v) is 15.8. The topological polar surface area (TPSA) is 60.4 Å². The number of aryl methyl sites for hydroxylation is 2. The Bertz CT molecular complexity index is 840. The fourth-order valence-electron chi connectivity index (χ4n) is 3.01. The third-order valence-corrected chi connectivity index (χ3v) is 5.71. The molecule has 26 heavy (non-hydrogen) atoms. The Kier molecular flexibility index (Phi) is 6.22. The van der Waals surface area contributed by atoms with Gasteiger partial charge in [0.05, 0.1) is 15.6 Å². The van der Waals surface area contributed by atoms with Crippen molar-refractivity contribution in [1.82, 2.24) is 0 Å². The highest BCUT2D eigenvalue weighted by Crippen LogP contribution is 2.23. The van der Waals surface area contributed by atoms with Crippen LogP contribution in [0.4, 0.5) is 0 Å². The summed E-state index contributed by atoms with van der Waals surface area (Å²) in [4.78, 5) is 36.5. The lowest BCUT2D eigenvalue weighted by molar-refractivity contribution is -0.142. The van der Waals surface area contributed by atoms with Crippen molar-refractivity contribution in [2.45, 2.75) is 38.5 Å². The predicted molar refractivity (Wildman–Crippen MR) is 101 cm³/mol. The minimum atomic E-state index is -0.549. The maximum atomic E-state index is 12.2. The summed E-state index contributed by atoms with van der Waals surface area (Å²) in [6, 6.07) is 8.99. The molecule has 6 heteroatoms. The number of hydrogen-bond acceptors (Lipinski definition) is 5. The van der Waals surface area contributed by atoms with Crippen LogP contribution in [-0.4, -0.2) is 24.1 Å². The van der Waals surface area contributed by atoms with Gasteiger partial charge in [0.2, 0.25) is 0 Å². The highest BCUT2D eigenvalue weighted by Gasteiger charge is 2.16. The first-order valence-corrected chi connectivity index (χ1v) is 9.81. The first-order valence-electron chi connectivity index (χ1n) is 8.62. The van der Waals surface area contributed by atoms with Gasteiger partial charge in [0, 0.05) is 12.0 Å². The molecule has 0 aliphatic heterocycles. The molecule has 0 amide bonds. The molecule has 4 nitrogen and oxygen atoms in total. The van der Waals surface area contributed by atoms with E-state index in [0.29, 0.717) is 14.8 Å². The molecule has 1 aromatic carbocycles. The second kappa shape index (κ2) is 8.60. The van der Waals surface area contributed by atoms with Crippen molar-refractivity contribution >= 4 is 40.5 Å². The zero-order chi connectivity index (χ0) is 18.5. The lowest BCUT2D eigenvalue weighted by Crippen LogP contribution is -2.15. The standard InChI is InChI=1S/C20H19ClO4S/c21-19-9-8-18(26-19)16(22)7-10-20(24)25-12-17(23)15-6-5-13-3-1-2-4-14(13)11-15/h5-6,8-9,11H,1-4,7,10,12H2. The monoisotopic (exact) mass is 390 g/mol. The molecule has 3 rings (SSSR count). The number of ether oxygens (including phenoxy) is 1. The van der Waals surface area contributed by atoms with Crippen LogP contribution in [0.2, 0.25) is 4.34 Å². The second-order valence-corrected chi connectivity index (χ2v) is 8.02. The summed E-state index contributed by atoms with van der Waals surface area (Å²) in [6.45, 7) is -0.295. The average Bonchev–Trinajstić information content (AvgIpc) is 3.10. The van der Waals surface area contributed by atoms with Gasteiger partial charge in [-0.2, -0.15) is 0 Å². The highest BCUT2D eigenvalue weighted by atomic mass is 35.5. The summed E-state index contributed by atoms with van der Waals surface area (Å²) in [6.07, 6.45) is 4.37. The Morgan fingerprint density at radius 1 is 0.962 bits per heavy atom. The minimum absolute atomic E-state index is 0.0444. The minimum Gasteiger partial charge on any atom is -0.457 e. The molecule has 1 heterocycles. The number of esters is 1. The summed E-state index contributed by atoms with van der Waals surface area (Å²) < 4.78 is 5.56. The SMILES string of the molecule is O=C(CCC(=O)c1ccc(Cl)s1)OCC(=O)c1ccc2c(c1)CCCC2. The lowest BCUT2D eigenvalue weighted by atomic mass is 9.90. The quantitative estimate of drug-likeness (QED) is 0.509. The molecule has 0 N–H and O–H groups in total. The molecule has 0 radical (unpaired) electrons. The maximum absolute atomic E-state index is 12.2. The number of carbonyl (C=O) groups is 3. The molecule has 0 bridgehead atoms. The fourth-order valence-corrected chi connectivity index (χ4v) is 4.02. The van der Waals surface area contributed by atoms with Gasteiger partial charge in [-0.15, -0.1) is 11.3 Å². The molecule has 0 fully saturated rings. The largest absolute Gasteiger partial charge is 0.457 e. The molecule has 0 saturated heterocycles. The zero-order valence-electron chi connectivity index (χ0n) is 14.3. The van der Waals surface area contributed by atoms with E-state index in [2.05, 4.69) is 0 Å². The van der Waals surface area contributed by atoms with Crippen LogP contribution >= 0.6 is 22.9 Å². The summed E-state index contributed by atoms with van der Waals surface area (Å²) in [7, 11) is 0. The number of thiophene rings is 1. The Morgan fingerprint density at radius 3 is 2.46 bits per heavy atom. The smallest absolute Gasteiger partial charge is 0.306 e. The van der Waals surface area contributed by atoms with Crippen molar-refractivity contribution in [3.63, 3.8) is 0 Å². The van der Waals surface area contributed by atoms with Gasteiger partial charge in [-0.3, -0.25) is 14.4 Å². The first-order chi connectivity index (χ1) is 12.5. The van der Waals surface area contributed by atoms with Gasteiger partial charge in [0.1, 0.15) is 0 Å². The van der Waals surface area contributed by atoms with E-state index >= 15 is 0 Å². The summed E-state index contributed by atoms with van der Waals surface area (Å²) >= 11 is 6.98. The van der Waals surface area contributed by atoms with Crippen LogP contribution in [0, 0.1) is 0 Å². The predicted octanol–water partition coefficient (Wildman–Crippen LogP) is 4.67. The molecule has 0 atom stereocenters. The van der Waals surface area contributed by atoms with Gasteiger partial charge in [0.15, 0.2) is 18.2 Å². The van der Waals surface area contributed by atoms with Gasteiger partial charge in [0.25, 0.3) is 0 Å². The van der Waals surface area contributed by atoms with Crippen molar-refractivity contribution < 1.29 is 19.1 Å². The number of halogens is 1. The van der Waals surface area contributed by atoms with Crippen molar-refractivity contribution in [2.24, 2.45) is 0 Å². The van der Waals surface area contributed by atoms with E-state index in [1.165, 1.54) is 28.9 Å². The highest BCUT2D eigenvalue weighted by molar-refractivity contribution is 7.18. The van der Waals surface area contributed by atoms with E-state index in [1.807, 2.05) is 12.1 Å². The normalized spacial score (nSPS) is 13.1. The molecular formula is C20H19ClO4S. The maximum Gasteiger partial charge on any atom is 0.306 e. The van der Waals surface area contributed by atoms with Gasteiger partial charge in [-0.1, -0.05) is 23.7 Å². The van der Waals surface area contributed by atoms with Crippen LogP contribution in [0.15, 0.2) is 30.3 Å². The number of ketones is 2. The molecule has 0 unspecified atom stereocenters. The van der Waals surface area contributed by atoms with Gasteiger partial charge in [-0.05, 0) is 55.0 Å². The number of benzene rings is 1. The molecule has 1 aliphatic carbocycles. The number of hydrogen-bond donors (Lipinski definition) is 0. The number of rotatable bonds is 7. The molecule has 0 saturated carbocycles. The van der Waals surface area contributed by atoms with Gasteiger partial charge < -0.3 is 4.74 Å². The molecule has 1 aromatic heterocycles. The summed E-state index contributed by atoms with van der Waals surface area (Å²) in [5.74, 6) is -0.921. The average molecular weight is 391 g/mol. The fraction of sp³-hybridized carbons (Fsp3) is 0.350. The van der Waals surface area contributed by atoms with Crippen LogP contribution in [-0.2, 0) is 22.4 Å². The van der Waals surface area contributed by atoms with Gasteiger partial charge in [-0.25, -0.2) is 0 Å². The van der Waals surface area contributed by atoms with E-state index in [4.69, 9.17) is 16.3 Å². The van der Waals surface area contributed by atoms with Crippen molar-refractivity contribution in [3.8, 4) is 0 Å². The Morgan fingerprint density at radius 2 is 1.73 bits per heavy atom. The number of carbonyl (C=O) groups excluding carboxylic acids is 3. The Balaban J connectivity index is 1.46. The van der Waals surface area contributed by atoms with E-state index in [0.717, 1.165) is 19.3 Å². The van der Waals surface area contributed by atoms with Crippen molar-refractivity contribution in [3.05, 3.63) is 56.2 Å². The van der Waals surface area contributed by atoms with E-state index in [-0.39, 0.29) is 31.0 Å².